The molecular weight excluding hydrogens is 443 g/mol. The van der Waals surface area contributed by atoms with E-state index in [0.717, 1.165) is 10.8 Å². The van der Waals surface area contributed by atoms with Crippen molar-refractivity contribution >= 4 is 39.6 Å². The molecule has 0 spiro atoms. The van der Waals surface area contributed by atoms with E-state index < -0.39 is 36.7 Å². The molecule has 4 unspecified atom stereocenters. The fraction of sp³-hybridized carbons (Fsp3) is 0.455. The number of aliphatic hydroxyl groups is 2. The van der Waals surface area contributed by atoms with Gasteiger partial charge in [-0.2, -0.15) is 4.98 Å². The third-order valence-corrected chi connectivity index (χ3v) is 4.46. The van der Waals surface area contributed by atoms with E-state index in [0.29, 0.717) is 0 Å². The lowest BCUT2D eigenvalue weighted by molar-refractivity contribution is -0.122. The van der Waals surface area contributed by atoms with Gasteiger partial charge < -0.3 is 20.7 Å². The van der Waals surface area contributed by atoms with E-state index in [1.165, 1.54) is 0 Å². The zero-order chi connectivity index (χ0) is 17.6. The Bertz CT molecular complexity index is 858. The molecule has 128 valence electrons. The second-order valence-corrected chi connectivity index (χ2v) is 6.07. The summed E-state index contributed by atoms with van der Waals surface area (Å²) in [5.41, 5.74) is 11.8. The van der Waals surface area contributed by atoms with Gasteiger partial charge in [-0.25, -0.2) is 13.8 Å². The van der Waals surface area contributed by atoms with Crippen molar-refractivity contribution in [3.63, 3.8) is 0 Å². The number of nitrogen functional groups attached to an aromatic ring is 1. The van der Waals surface area contributed by atoms with Crippen LogP contribution in [-0.4, -0.2) is 49.4 Å². The fourth-order valence-corrected chi connectivity index (χ4v) is 3.30. The van der Waals surface area contributed by atoms with Crippen LogP contribution >= 0.6 is 22.6 Å². The summed E-state index contributed by atoms with van der Waals surface area (Å²) in [6, 6.07) is 0. The number of aliphatic hydroxyl groups excluding tert-OH is 2. The fourth-order valence-electron chi connectivity index (χ4n) is 2.55. The van der Waals surface area contributed by atoms with Gasteiger partial charge in [0.25, 0.3) is 0 Å². The first kappa shape index (κ1) is 17.0. The van der Waals surface area contributed by atoms with Crippen LogP contribution in [0.5, 0.6) is 0 Å². The molecule has 3 rings (SSSR count). The number of anilines is 1. The normalized spacial score (nSPS) is 29.8. The third-order valence-electron chi connectivity index (χ3n) is 3.67. The largest absolute Gasteiger partial charge is 0.393 e. The average molecular weight is 453 g/mol. The van der Waals surface area contributed by atoms with Gasteiger partial charge in [0.1, 0.15) is 9.80 Å². The van der Waals surface area contributed by atoms with E-state index >= 15 is 0 Å². The van der Waals surface area contributed by atoms with Gasteiger partial charge in [-0.3, -0.25) is 4.57 Å². The Morgan fingerprint density at radius 1 is 1.58 bits per heavy atom. The van der Waals surface area contributed by atoms with Crippen LogP contribution in [0.25, 0.3) is 21.5 Å². The highest BCUT2D eigenvalue weighted by atomic mass is 127. The summed E-state index contributed by atoms with van der Waals surface area (Å²) >= 11 is 1.75. The molecule has 2 aromatic rings. The van der Waals surface area contributed by atoms with E-state index in [1.807, 2.05) is 0 Å². The molecule has 4 N–H and O–H groups in total. The topological polar surface area (TPSA) is 155 Å². The van der Waals surface area contributed by atoms with Crippen LogP contribution in [0.4, 0.5) is 14.7 Å². The number of ether oxygens (including phenoxy) is 1. The van der Waals surface area contributed by atoms with Gasteiger partial charge in [0.2, 0.25) is 11.7 Å². The van der Waals surface area contributed by atoms with E-state index in [-0.39, 0.29) is 20.7 Å². The highest BCUT2D eigenvalue weighted by molar-refractivity contribution is 14.1. The molecule has 13 heteroatoms. The minimum absolute atomic E-state index is 0.000345. The number of aromatic nitrogens is 3. The number of hydrogen-bond donors (Lipinski definition) is 3. The molecule has 2 aromatic heterocycles. The monoisotopic (exact) mass is 453 g/mol. The number of hydrogen-bond acceptors (Lipinski definition) is 7. The van der Waals surface area contributed by atoms with Crippen molar-refractivity contribution in [1.29, 1.82) is 0 Å². The summed E-state index contributed by atoms with van der Waals surface area (Å²) in [6.07, 6.45) is -4.75. The first-order valence-corrected chi connectivity index (χ1v) is 7.58. The Balaban J connectivity index is 2.16. The van der Waals surface area contributed by atoms with Crippen molar-refractivity contribution in [2.75, 3.05) is 12.3 Å². The lowest BCUT2D eigenvalue weighted by Crippen LogP contribution is -2.43. The molecule has 0 bridgehead atoms. The second-order valence-electron chi connectivity index (χ2n) is 5.05. The molecule has 0 radical (unpaired) electrons. The van der Waals surface area contributed by atoms with E-state index in [1.54, 1.807) is 22.6 Å². The van der Waals surface area contributed by atoms with Gasteiger partial charge in [-0.1, -0.05) is 5.11 Å². The van der Waals surface area contributed by atoms with Crippen molar-refractivity contribution in [2.24, 2.45) is 5.11 Å². The molecular formula is C11H10F2IN7O3. The zero-order valence-electron chi connectivity index (χ0n) is 11.7. The van der Waals surface area contributed by atoms with Crippen molar-refractivity contribution < 1.29 is 23.7 Å². The molecule has 10 nitrogen and oxygen atoms in total. The number of nitrogens with two attached hydrogens (primary N) is 1. The molecule has 4 atom stereocenters. The number of azide groups is 1. The Morgan fingerprint density at radius 3 is 2.92 bits per heavy atom. The summed E-state index contributed by atoms with van der Waals surface area (Å²) in [4.78, 5) is 10.1. The lowest BCUT2D eigenvalue weighted by Gasteiger charge is -2.23. The van der Waals surface area contributed by atoms with Gasteiger partial charge in [-0.15, -0.1) is 0 Å². The summed E-state index contributed by atoms with van der Waals surface area (Å²) < 4.78 is 35.1. The molecule has 1 aliphatic heterocycles. The third kappa shape index (κ3) is 2.36. The minimum atomic E-state index is -2.22. The minimum Gasteiger partial charge on any atom is -0.393 e. The van der Waals surface area contributed by atoms with Crippen molar-refractivity contribution in [2.45, 2.75) is 24.2 Å². The van der Waals surface area contributed by atoms with Crippen LogP contribution < -0.4 is 5.73 Å². The summed E-state index contributed by atoms with van der Waals surface area (Å²) in [5, 5.41) is 22.5. The maximum atomic E-state index is 14.5. The molecule has 1 aliphatic rings. The van der Waals surface area contributed by atoms with E-state index in [9.17, 15) is 19.0 Å². The smallest absolute Gasteiger partial charge is 0.223 e. The molecule has 0 amide bonds. The highest BCUT2D eigenvalue weighted by Crippen LogP contribution is 2.42. The van der Waals surface area contributed by atoms with Crippen molar-refractivity contribution in [1.82, 2.24) is 14.5 Å². The molecule has 1 fully saturated rings. The first-order valence-electron chi connectivity index (χ1n) is 6.50. The van der Waals surface area contributed by atoms with Crippen LogP contribution in [-0.2, 0) is 4.74 Å². The summed E-state index contributed by atoms with van der Waals surface area (Å²) in [7, 11) is 0. The van der Waals surface area contributed by atoms with Crippen LogP contribution in [0.1, 0.15) is 6.23 Å². The standard InChI is InChI=1S/C11H10F2IN7O3/c12-3-1-21(8-4(3)7(14)17-10(15)18-8)9-5(13)6(23)11(2-22,24-9)19-20-16/h1,5-6,9,22-23H,2H2,(H2,15,17,18). The molecule has 0 aromatic carbocycles. The van der Waals surface area contributed by atoms with Gasteiger partial charge in [0, 0.05) is 11.1 Å². The first-order chi connectivity index (χ1) is 11.3. The Labute approximate surface area is 146 Å². The number of fused-ring (bicyclic) bond motifs is 1. The zero-order valence-corrected chi connectivity index (χ0v) is 13.9. The summed E-state index contributed by atoms with van der Waals surface area (Å²) in [6.45, 7) is -0.967. The number of halogens is 3. The Hall–Kier alpha value is -1.80. The quantitative estimate of drug-likeness (QED) is 0.207. The number of nitrogens with zero attached hydrogens (tertiary/aromatic N) is 6. The molecule has 3 heterocycles. The van der Waals surface area contributed by atoms with Crippen LogP contribution in [0.2, 0.25) is 0 Å². The summed E-state index contributed by atoms with van der Waals surface area (Å²) in [5.74, 6) is -0.909. The SMILES string of the molecule is [N-]=[N+]=NC1(CO)OC(n2cc(F)c3c(I)nc(N)nc32)C(F)C1O. The maximum Gasteiger partial charge on any atom is 0.223 e. The Morgan fingerprint density at radius 2 is 2.29 bits per heavy atom. The number of rotatable bonds is 3. The van der Waals surface area contributed by atoms with Gasteiger partial charge >= 0.3 is 0 Å². The van der Waals surface area contributed by atoms with Crippen LogP contribution in [0.15, 0.2) is 11.3 Å². The molecule has 1 saturated heterocycles. The van der Waals surface area contributed by atoms with Gasteiger partial charge in [0.05, 0.1) is 12.0 Å². The Kier molecular flexibility index (Phi) is 4.21. The van der Waals surface area contributed by atoms with Crippen molar-refractivity contribution in [3.8, 4) is 0 Å². The average Bonchev–Trinajstić information content (AvgIpc) is 2.98. The molecule has 0 aliphatic carbocycles. The van der Waals surface area contributed by atoms with Crippen LogP contribution in [0, 0.1) is 9.52 Å². The predicted molar refractivity (Wildman–Crippen MR) is 84.6 cm³/mol. The highest BCUT2D eigenvalue weighted by Gasteiger charge is 2.56. The number of alkyl halides is 1. The lowest BCUT2D eigenvalue weighted by atomic mass is 10.1. The van der Waals surface area contributed by atoms with Crippen molar-refractivity contribution in [3.05, 3.63) is 26.2 Å². The molecule has 0 saturated carbocycles. The predicted octanol–water partition coefficient (Wildman–Crippen LogP) is 0.984. The van der Waals surface area contributed by atoms with Gasteiger partial charge in [0.15, 0.2) is 23.9 Å². The second kappa shape index (κ2) is 5.93. The van der Waals surface area contributed by atoms with E-state index in [4.69, 9.17) is 16.0 Å². The van der Waals surface area contributed by atoms with Crippen LogP contribution in [0.3, 0.4) is 0 Å². The van der Waals surface area contributed by atoms with E-state index in [2.05, 4.69) is 20.0 Å². The maximum absolute atomic E-state index is 14.5. The molecule has 24 heavy (non-hydrogen) atoms. The van der Waals surface area contributed by atoms with Gasteiger partial charge in [-0.05, 0) is 28.1 Å².